The van der Waals surface area contributed by atoms with E-state index in [0.29, 0.717) is 21.4 Å². The third-order valence-corrected chi connectivity index (χ3v) is 5.37. The van der Waals surface area contributed by atoms with Gasteiger partial charge in [-0.25, -0.2) is 14.2 Å². The molecule has 2 aromatic carbocycles. The normalized spacial score (nSPS) is 12.0. The molecule has 0 bridgehead atoms. The van der Waals surface area contributed by atoms with Crippen LogP contribution in [0.2, 0.25) is 0 Å². The Kier molecular flexibility index (Phi) is 5.18. The maximum Gasteiger partial charge on any atom is 0.351 e. The fourth-order valence-electron chi connectivity index (χ4n) is 2.67. The van der Waals surface area contributed by atoms with Crippen LogP contribution >= 0.6 is 11.3 Å². The van der Waals surface area contributed by atoms with Gasteiger partial charge in [0.15, 0.2) is 6.10 Å². The van der Waals surface area contributed by atoms with Crippen molar-refractivity contribution in [1.82, 2.24) is 15.1 Å². The van der Waals surface area contributed by atoms with Gasteiger partial charge in [-0.05, 0) is 38.1 Å². The van der Waals surface area contributed by atoms with E-state index < -0.39 is 12.1 Å². The van der Waals surface area contributed by atoms with Crippen LogP contribution in [0.1, 0.15) is 34.3 Å². The lowest BCUT2D eigenvalue weighted by atomic mass is 10.2. The molecule has 29 heavy (non-hydrogen) atoms. The molecule has 146 valence electrons. The Bertz CT molecular complexity index is 1140. The number of nitrogens with zero attached hydrogens (tertiary/aromatic N) is 3. The van der Waals surface area contributed by atoms with Crippen molar-refractivity contribution >= 4 is 17.3 Å². The second kappa shape index (κ2) is 7.92. The van der Waals surface area contributed by atoms with Gasteiger partial charge in [0.2, 0.25) is 5.82 Å². The minimum atomic E-state index is -0.719. The van der Waals surface area contributed by atoms with E-state index in [0.717, 1.165) is 11.1 Å². The molecule has 0 saturated carbocycles. The van der Waals surface area contributed by atoms with E-state index in [1.165, 1.54) is 23.5 Å². The zero-order valence-corrected chi connectivity index (χ0v) is 16.4. The smallest absolute Gasteiger partial charge is 0.351 e. The van der Waals surface area contributed by atoms with Gasteiger partial charge in [0.05, 0.1) is 5.69 Å². The second-order valence-electron chi connectivity index (χ2n) is 6.31. The predicted octanol–water partition coefficient (Wildman–Crippen LogP) is 5.23. The standard InChI is InChI=1S/C21H16FN3O3S/c1-12-17(29-20(23-12)15-8-10-16(22)11-9-15)21(26)27-13(2)19-24-18(25-28-19)14-6-4-3-5-7-14/h3-11,13H,1-2H3/t13-/m1/s1. The molecule has 0 aliphatic heterocycles. The number of benzene rings is 2. The van der Waals surface area contributed by atoms with Crippen LogP contribution in [-0.2, 0) is 4.74 Å². The van der Waals surface area contributed by atoms with Gasteiger partial charge >= 0.3 is 5.97 Å². The molecule has 0 unspecified atom stereocenters. The number of carbonyl (C=O) groups excluding carboxylic acids is 1. The van der Waals surface area contributed by atoms with Crippen LogP contribution in [0.15, 0.2) is 59.1 Å². The fourth-order valence-corrected chi connectivity index (χ4v) is 3.63. The van der Waals surface area contributed by atoms with Gasteiger partial charge in [0.25, 0.3) is 5.89 Å². The number of ether oxygens (including phenoxy) is 1. The van der Waals surface area contributed by atoms with Gasteiger partial charge in [-0.1, -0.05) is 35.5 Å². The van der Waals surface area contributed by atoms with E-state index >= 15 is 0 Å². The minimum Gasteiger partial charge on any atom is -0.448 e. The third kappa shape index (κ3) is 4.07. The zero-order valence-electron chi connectivity index (χ0n) is 15.6. The van der Waals surface area contributed by atoms with Crippen LogP contribution in [0.5, 0.6) is 0 Å². The van der Waals surface area contributed by atoms with E-state index in [1.807, 2.05) is 30.3 Å². The molecular weight excluding hydrogens is 393 g/mol. The Balaban J connectivity index is 1.49. The highest BCUT2D eigenvalue weighted by Gasteiger charge is 2.23. The lowest BCUT2D eigenvalue weighted by molar-refractivity contribution is 0.0270. The van der Waals surface area contributed by atoms with Crippen molar-refractivity contribution in [2.24, 2.45) is 0 Å². The molecule has 4 aromatic rings. The van der Waals surface area contributed by atoms with Crippen LogP contribution in [0.25, 0.3) is 22.0 Å². The summed E-state index contributed by atoms with van der Waals surface area (Å²) < 4.78 is 23.9. The molecular formula is C21H16FN3O3S. The Labute approximate surface area is 170 Å². The molecule has 8 heteroatoms. The van der Waals surface area contributed by atoms with E-state index in [2.05, 4.69) is 15.1 Å². The molecule has 0 amide bonds. The van der Waals surface area contributed by atoms with Crippen molar-refractivity contribution in [3.63, 3.8) is 0 Å². The van der Waals surface area contributed by atoms with E-state index in [4.69, 9.17) is 9.26 Å². The molecule has 1 atom stereocenters. The highest BCUT2D eigenvalue weighted by Crippen LogP contribution is 2.30. The molecule has 6 nitrogen and oxygen atoms in total. The Morgan fingerprint density at radius 1 is 1.07 bits per heavy atom. The monoisotopic (exact) mass is 409 g/mol. The first-order valence-electron chi connectivity index (χ1n) is 8.84. The van der Waals surface area contributed by atoms with Crippen molar-refractivity contribution in [1.29, 1.82) is 0 Å². The van der Waals surface area contributed by atoms with Crippen LogP contribution in [0.3, 0.4) is 0 Å². The maximum absolute atomic E-state index is 13.1. The number of hydrogen-bond acceptors (Lipinski definition) is 7. The average Bonchev–Trinajstić information content (AvgIpc) is 3.36. The molecule has 0 spiro atoms. The number of thiazole rings is 1. The summed E-state index contributed by atoms with van der Waals surface area (Å²) in [6, 6.07) is 15.3. The molecule has 0 N–H and O–H groups in total. The van der Waals surface area contributed by atoms with Gasteiger partial charge in [0.1, 0.15) is 15.7 Å². The fraction of sp³-hybridized carbons (Fsp3) is 0.143. The molecule has 0 aliphatic rings. The highest BCUT2D eigenvalue weighted by molar-refractivity contribution is 7.17. The van der Waals surface area contributed by atoms with Crippen LogP contribution in [0.4, 0.5) is 4.39 Å². The SMILES string of the molecule is Cc1nc(-c2ccc(F)cc2)sc1C(=O)O[C@H](C)c1nc(-c2ccccc2)no1. The number of hydrogen-bond donors (Lipinski definition) is 0. The summed E-state index contributed by atoms with van der Waals surface area (Å²) in [5.74, 6) is -0.223. The van der Waals surface area contributed by atoms with Crippen molar-refractivity contribution in [3.05, 3.63) is 76.9 Å². The third-order valence-electron chi connectivity index (χ3n) is 4.18. The number of aryl methyl sites for hydroxylation is 1. The van der Waals surface area contributed by atoms with Gasteiger partial charge in [-0.3, -0.25) is 0 Å². The maximum atomic E-state index is 13.1. The first-order chi connectivity index (χ1) is 14.0. The minimum absolute atomic E-state index is 0.207. The lowest BCUT2D eigenvalue weighted by Gasteiger charge is -2.07. The van der Waals surface area contributed by atoms with Gasteiger partial charge < -0.3 is 9.26 Å². The quantitative estimate of drug-likeness (QED) is 0.420. The Morgan fingerprint density at radius 2 is 1.79 bits per heavy atom. The molecule has 0 saturated heterocycles. The topological polar surface area (TPSA) is 78.1 Å². The molecule has 2 aromatic heterocycles. The Morgan fingerprint density at radius 3 is 2.52 bits per heavy atom. The summed E-state index contributed by atoms with van der Waals surface area (Å²) in [7, 11) is 0. The number of carbonyl (C=O) groups is 1. The first-order valence-corrected chi connectivity index (χ1v) is 9.66. The molecule has 0 radical (unpaired) electrons. The Hall–Kier alpha value is -3.39. The molecule has 0 aliphatic carbocycles. The zero-order chi connectivity index (χ0) is 20.4. The second-order valence-corrected chi connectivity index (χ2v) is 7.31. The highest BCUT2D eigenvalue weighted by atomic mass is 32.1. The summed E-state index contributed by atoms with van der Waals surface area (Å²) in [4.78, 5) is 21.7. The van der Waals surface area contributed by atoms with Crippen molar-refractivity contribution < 1.29 is 18.4 Å². The number of halogens is 1. The number of esters is 1. The van der Waals surface area contributed by atoms with Gasteiger partial charge in [-0.15, -0.1) is 11.3 Å². The average molecular weight is 409 g/mol. The van der Waals surface area contributed by atoms with E-state index in [9.17, 15) is 9.18 Å². The van der Waals surface area contributed by atoms with Gasteiger partial charge in [0, 0.05) is 11.1 Å². The summed E-state index contributed by atoms with van der Waals surface area (Å²) in [6.07, 6.45) is -0.719. The molecule has 4 rings (SSSR count). The van der Waals surface area contributed by atoms with Crippen LogP contribution in [0, 0.1) is 12.7 Å². The van der Waals surface area contributed by atoms with E-state index in [-0.39, 0.29) is 11.7 Å². The summed E-state index contributed by atoms with van der Waals surface area (Å²) in [6.45, 7) is 3.39. The van der Waals surface area contributed by atoms with Crippen molar-refractivity contribution in [2.45, 2.75) is 20.0 Å². The lowest BCUT2D eigenvalue weighted by Crippen LogP contribution is -2.09. The predicted molar refractivity (Wildman–Crippen MR) is 106 cm³/mol. The first kappa shape index (κ1) is 18.9. The van der Waals surface area contributed by atoms with Crippen LogP contribution < -0.4 is 0 Å². The summed E-state index contributed by atoms with van der Waals surface area (Å²) in [5, 5.41) is 4.56. The van der Waals surface area contributed by atoms with Crippen molar-refractivity contribution in [3.8, 4) is 22.0 Å². The van der Waals surface area contributed by atoms with Gasteiger partial charge in [-0.2, -0.15) is 4.98 Å². The number of aromatic nitrogens is 3. The largest absolute Gasteiger partial charge is 0.448 e. The molecule has 0 fully saturated rings. The summed E-state index contributed by atoms with van der Waals surface area (Å²) in [5.41, 5.74) is 2.08. The van der Waals surface area contributed by atoms with Crippen LogP contribution in [-0.4, -0.2) is 21.1 Å². The number of rotatable bonds is 5. The van der Waals surface area contributed by atoms with E-state index in [1.54, 1.807) is 26.0 Å². The molecule has 2 heterocycles. The van der Waals surface area contributed by atoms with Crippen molar-refractivity contribution in [2.75, 3.05) is 0 Å². The summed E-state index contributed by atoms with van der Waals surface area (Å²) >= 11 is 1.19.